The van der Waals surface area contributed by atoms with Gasteiger partial charge in [0.2, 0.25) is 0 Å². The summed E-state index contributed by atoms with van der Waals surface area (Å²) >= 11 is 0. The molecule has 0 spiro atoms. The molecule has 0 radical (unpaired) electrons. The Hall–Kier alpha value is -0.340. The minimum Gasteiger partial charge on any atom is -0.389 e. The average Bonchev–Trinajstić information content (AvgIpc) is 1.90. The van der Waals surface area contributed by atoms with Crippen LogP contribution in [0.15, 0.2) is 11.6 Å². The summed E-state index contributed by atoms with van der Waals surface area (Å²) in [5.41, 5.74) is 1.13. The van der Waals surface area contributed by atoms with Crippen molar-refractivity contribution < 1.29 is 5.11 Å². The Morgan fingerprint density at radius 1 is 1.78 bits per heavy atom. The van der Waals surface area contributed by atoms with Crippen molar-refractivity contribution in [3.8, 4) is 0 Å². The molecule has 9 heavy (non-hydrogen) atoms. The van der Waals surface area contributed by atoms with E-state index in [1.165, 1.54) is 0 Å². The maximum atomic E-state index is 9.07. The summed E-state index contributed by atoms with van der Waals surface area (Å²) in [5.74, 6) is 0. The van der Waals surface area contributed by atoms with Crippen LogP contribution in [-0.4, -0.2) is 24.3 Å². The summed E-state index contributed by atoms with van der Waals surface area (Å²) < 4.78 is 0. The van der Waals surface area contributed by atoms with E-state index in [-0.39, 0.29) is 6.10 Å². The SMILES string of the molecule is CC(O)C1=CCCNC1. The molecule has 0 saturated carbocycles. The molecule has 1 heterocycles. The Morgan fingerprint density at radius 3 is 2.89 bits per heavy atom. The first-order valence-electron chi connectivity index (χ1n) is 3.38. The third kappa shape index (κ3) is 1.80. The lowest BCUT2D eigenvalue weighted by Gasteiger charge is -2.15. The first-order valence-corrected chi connectivity index (χ1v) is 3.38. The van der Waals surface area contributed by atoms with Gasteiger partial charge in [0, 0.05) is 6.54 Å². The van der Waals surface area contributed by atoms with Gasteiger partial charge in [-0.2, -0.15) is 0 Å². The lowest BCUT2D eigenvalue weighted by atomic mass is 10.1. The summed E-state index contributed by atoms with van der Waals surface area (Å²) in [7, 11) is 0. The predicted octanol–water partition coefficient (Wildman–Crippen LogP) is 0.287. The normalized spacial score (nSPS) is 23.1. The van der Waals surface area contributed by atoms with Crippen LogP contribution in [-0.2, 0) is 0 Å². The van der Waals surface area contributed by atoms with Crippen LogP contribution in [0.25, 0.3) is 0 Å². The van der Waals surface area contributed by atoms with Gasteiger partial charge in [-0.3, -0.25) is 0 Å². The number of hydrogen-bond acceptors (Lipinski definition) is 2. The second-order valence-corrected chi connectivity index (χ2v) is 2.42. The maximum absolute atomic E-state index is 9.07. The van der Waals surface area contributed by atoms with Crippen molar-refractivity contribution in [3.63, 3.8) is 0 Å². The summed E-state index contributed by atoms with van der Waals surface area (Å²) in [5, 5.41) is 12.3. The third-order valence-corrected chi connectivity index (χ3v) is 1.59. The molecular formula is C7H13NO. The molecule has 2 nitrogen and oxygen atoms in total. The molecule has 1 rings (SSSR count). The Kier molecular flexibility index (Phi) is 2.25. The molecule has 2 heteroatoms. The Balaban J connectivity index is 2.46. The van der Waals surface area contributed by atoms with Gasteiger partial charge in [0.15, 0.2) is 0 Å². The third-order valence-electron chi connectivity index (χ3n) is 1.59. The largest absolute Gasteiger partial charge is 0.389 e. The van der Waals surface area contributed by atoms with E-state index in [4.69, 9.17) is 5.11 Å². The molecule has 0 amide bonds. The fourth-order valence-corrected chi connectivity index (χ4v) is 0.983. The lowest BCUT2D eigenvalue weighted by molar-refractivity contribution is 0.226. The van der Waals surface area contributed by atoms with Gasteiger partial charge >= 0.3 is 0 Å². The van der Waals surface area contributed by atoms with Crippen LogP contribution in [0.4, 0.5) is 0 Å². The van der Waals surface area contributed by atoms with Crippen LogP contribution < -0.4 is 5.32 Å². The van der Waals surface area contributed by atoms with Crippen molar-refractivity contribution >= 4 is 0 Å². The zero-order valence-corrected chi connectivity index (χ0v) is 5.72. The molecule has 2 N–H and O–H groups in total. The Bertz CT molecular complexity index is 118. The monoisotopic (exact) mass is 127 g/mol. The zero-order valence-electron chi connectivity index (χ0n) is 5.72. The van der Waals surface area contributed by atoms with Crippen molar-refractivity contribution in [1.82, 2.24) is 5.32 Å². The topological polar surface area (TPSA) is 32.3 Å². The quantitative estimate of drug-likeness (QED) is 0.496. The van der Waals surface area contributed by atoms with Gasteiger partial charge in [0.1, 0.15) is 0 Å². The molecule has 1 aliphatic rings. The highest BCUT2D eigenvalue weighted by atomic mass is 16.3. The van der Waals surface area contributed by atoms with Gasteiger partial charge in [0.05, 0.1) is 6.10 Å². The fourth-order valence-electron chi connectivity index (χ4n) is 0.983. The minimum atomic E-state index is -0.266. The molecule has 0 aromatic heterocycles. The molecule has 0 saturated heterocycles. The number of aliphatic hydroxyl groups excluding tert-OH is 1. The first-order chi connectivity index (χ1) is 4.30. The highest BCUT2D eigenvalue weighted by Gasteiger charge is 2.06. The number of hydrogen-bond donors (Lipinski definition) is 2. The highest BCUT2D eigenvalue weighted by molar-refractivity contribution is 5.11. The standard InChI is InChI=1S/C7H13NO/c1-6(9)7-3-2-4-8-5-7/h3,6,8-9H,2,4-5H2,1H3. The minimum absolute atomic E-state index is 0.266. The van der Waals surface area contributed by atoms with E-state index in [0.717, 1.165) is 25.1 Å². The fraction of sp³-hybridized carbons (Fsp3) is 0.714. The molecule has 0 aliphatic carbocycles. The van der Waals surface area contributed by atoms with E-state index in [9.17, 15) is 0 Å². The van der Waals surface area contributed by atoms with Crippen LogP contribution in [0.1, 0.15) is 13.3 Å². The van der Waals surface area contributed by atoms with Crippen LogP contribution in [0.3, 0.4) is 0 Å². The molecule has 0 aromatic carbocycles. The van der Waals surface area contributed by atoms with Crippen molar-refractivity contribution in [2.24, 2.45) is 0 Å². The van der Waals surface area contributed by atoms with E-state index < -0.39 is 0 Å². The highest BCUT2D eigenvalue weighted by Crippen LogP contribution is 2.04. The van der Waals surface area contributed by atoms with Crippen molar-refractivity contribution in [3.05, 3.63) is 11.6 Å². The molecule has 0 bridgehead atoms. The second kappa shape index (κ2) is 2.99. The molecule has 0 aromatic rings. The maximum Gasteiger partial charge on any atom is 0.0734 e. The predicted molar refractivity (Wildman–Crippen MR) is 37.3 cm³/mol. The molecule has 1 atom stereocenters. The molecular weight excluding hydrogens is 114 g/mol. The summed E-state index contributed by atoms with van der Waals surface area (Å²) in [6, 6.07) is 0. The number of aliphatic hydroxyl groups is 1. The lowest BCUT2D eigenvalue weighted by Crippen LogP contribution is -2.26. The van der Waals surface area contributed by atoms with E-state index in [2.05, 4.69) is 11.4 Å². The van der Waals surface area contributed by atoms with Gasteiger partial charge < -0.3 is 10.4 Å². The van der Waals surface area contributed by atoms with Crippen LogP contribution in [0.5, 0.6) is 0 Å². The molecule has 52 valence electrons. The van der Waals surface area contributed by atoms with Gasteiger partial charge in [-0.05, 0) is 25.5 Å². The van der Waals surface area contributed by atoms with Crippen LogP contribution >= 0.6 is 0 Å². The van der Waals surface area contributed by atoms with E-state index in [1.807, 2.05) is 0 Å². The van der Waals surface area contributed by atoms with E-state index >= 15 is 0 Å². The van der Waals surface area contributed by atoms with Crippen molar-refractivity contribution in [1.29, 1.82) is 0 Å². The summed E-state index contributed by atoms with van der Waals surface area (Å²) in [6.07, 6.45) is 2.90. The van der Waals surface area contributed by atoms with Crippen LogP contribution in [0, 0.1) is 0 Å². The smallest absolute Gasteiger partial charge is 0.0734 e. The Morgan fingerprint density at radius 2 is 2.56 bits per heavy atom. The average molecular weight is 127 g/mol. The number of nitrogens with one attached hydrogen (secondary N) is 1. The summed E-state index contributed by atoms with van der Waals surface area (Å²) in [6.45, 7) is 3.72. The first kappa shape index (κ1) is 6.78. The van der Waals surface area contributed by atoms with Crippen molar-refractivity contribution in [2.75, 3.05) is 13.1 Å². The zero-order chi connectivity index (χ0) is 6.69. The number of rotatable bonds is 1. The molecule has 1 unspecified atom stereocenters. The van der Waals surface area contributed by atoms with Crippen molar-refractivity contribution in [2.45, 2.75) is 19.4 Å². The van der Waals surface area contributed by atoms with Gasteiger partial charge in [0.25, 0.3) is 0 Å². The van der Waals surface area contributed by atoms with E-state index in [1.54, 1.807) is 6.92 Å². The second-order valence-electron chi connectivity index (χ2n) is 2.42. The van der Waals surface area contributed by atoms with Gasteiger partial charge in [-0.15, -0.1) is 0 Å². The molecule has 0 fully saturated rings. The summed E-state index contributed by atoms with van der Waals surface area (Å²) in [4.78, 5) is 0. The van der Waals surface area contributed by atoms with Gasteiger partial charge in [-0.1, -0.05) is 6.08 Å². The van der Waals surface area contributed by atoms with Crippen LogP contribution in [0.2, 0.25) is 0 Å². The Labute approximate surface area is 55.6 Å². The molecule has 1 aliphatic heterocycles. The van der Waals surface area contributed by atoms with Gasteiger partial charge in [-0.25, -0.2) is 0 Å². The van der Waals surface area contributed by atoms with E-state index in [0.29, 0.717) is 0 Å².